The molecule has 0 aliphatic carbocycles. The molecular formula is C12H23NO. The van der Waals surface area contributed by atoms with Gasteiger partial charge in [0.1, 0.15) is 0 Å². The first-order valence-electron chi connectivity index (χ1n) is 5.68. The first kappa shape index (κ1) is 13.2. The number of allylic oxidation sites excluding steroid dienone is 1. The fourth-order valence-corrected chi connectivity index (χ4v) is 1.31. The maximum Gasteiger partial charge on any atom is 0.219 e. The van der Waals surface area contributed by atoms with Crippen molar-refractivity contribution in [3.63, 3.8) is 0 Å². The average molecular weight is 197 g/mol. The summed E-state index contributed by atoms with van der Waals surface area (Å²) in [4.78, 5) is 11.1. The molecule has 1 N–H and O–H groups in total. The van der Waals surface area contributed by atoms with Crippen LogP contribution in [0, 0.1) is 0 Å². The van der Waals surface area contributed by atoms with E-state index in [2.05, 4.69) is 11.9 Å². The quantitative estimate of drug-likeness (QED) is 0.447. The minimum absolute atomic E-state index is 0.193. The van der Waals surface area contributed by atoms with E-state index in [1.165, 1.54) is 19.3 Å². The minimum atomic E-state index is 0.193. The monoisotopic (exact) mass is 197 g/mol. The van der Waals surface area contributed by atoms with Gasteiger partial charge in [-0.2, -0.15) is 0 Å². The van der Waals surface area contributed by atoms with Crippen molar-refractivity contribution in [2.24, 2.45) is 0 Å². The van der Waals surface area contributed by atoms with E-state index >= 15 is 0 Å². The third-order valence-electron chi connectivity index (χ3n) is 2.13. The second kappa shape index (κ2) is 10.3. The highest BCUT2D eigenvalue weighted by Crippen LogP contribution is 2.02. The Kier molecular flexibility index (Phi) is 9.71. The van der Waals surface area contributed by atoms with Crippen LogP contribution in [0.2, 0.25) is 0 Å². The molecule has 2 nitrogen and oxygen atoms in total. The van der Waals surface area contributed by atoms with Crippen LogP contribution in [0.3, 0.4) is 0 Å². The lowest BCUT2D eigenvalue weighted by atomic mass is 10.1. The van der Waals surface area contributed by atoms with Gasteiger partial charge in [0.15, 0.2) is 0 Å². The Labute approximate surface area is 87.8 Å². The summed E-state index contributed by atoms with van der Waals surface area (Å²) in [6.45, 7) is 6.54. The number of hydrogen-bond donors (Lipinski definition) is 1. The lowest BCUT2D eigenvalue weighted by Crippen LogP contribution is -2.23. The van der Waals surface area contributed by atoms with Crippen LogP contribution in [0.25, 0.3) is 0 Å². The van der Waals surface area contributed by atoms with Gasteiger partial charge in [0.05, 0.1) is 0 Å². The first-order chi connectivity index (χ1) is 6.81. The van der Waals surface area contributed by atoms with E-state index in [0.717, 1.165) is 25.8 Å². The molecule has 0 aliphatic rings. The van der Waals surface area contributed by atoms with Crippen LogP contribution >= 0.6 is 0 Å². The highest BCUT2D eigenvalue weighted by molar-refractivity contribution is 5.75. The molecule has 0 fully saturated rings. The van der Waals surface area contributed by atoms with Gasteiger partial charge in [-0.25, -0.2) is 0 Å². The number of unbranched alkanes of at least 4 members (excludes halogenated alkanes) is 4. The van der Waals surface area contributed by atoms with Gasteiger partial charge in [0.2, 0.25) is 5.91 Å². The van der Waals surface area contributed by atoms with Gasteiger partial charge in [-0.1, -0.05) is 25.8 Å². The number of rotatable bonds is 9. The maximum atomic E-state index is 11.1. The predicted molar refractivity (Wildman–Crippen MR) is 61.2 cm³/mol. The van der Waals surface area contributed by atoms with E-state index in [1.807, 2.05) is 13.0 Å². The minimum Gasteiger partial charge on any atom is -0.356 e. The zero-order valence-corrected chi connectivity index (χ0v) is 9.35. The molecule has 0 rings (SSSR count). The predicted octanol–water partition coefficient (Wildman–Crippen LogP) is 3.04. The first-order valence-corrected chi connectivity index (χ1v) is 5.68. The van der Waals surface area contributed by atoms with Crippen LogP contribution in [0.1, 0.15) is 51.9 Å². The summed E-state index contributed by atoms with van der Waals surface area (Å²) in [6.07, 6.45) is 9.46. The Balaban J connectivity index is 3.05. The van der Waals surface area contributed by atoms with E-state index < -0.39 is 0 Å². The molecule has 0 spiro atoms. The van der Waals surface area contributed by atoms with Crippen molar-refractivity contribution >= 4 is 5.91 Å². The Morgan fingerprint density at radius 2 is 2.00 bits per heavy atom. The molecule has 0 aromatic rings. The summed E-state index contributed by atoms with van der Waals surface area (Å²) < 4.78 is 0. The van der Waals surface area contributed by atoms with Gasteiger partial charge in [0.25, 0.3) is 0 Å². The third kappa shape index (κ3) is 9.30. The van der Waals surface area contributed by atoms with Crippen LogP contribution in [-0.4, -0.2) is 12.5 Å². The summed E-state index contributed by atoms with van der Waals surface area (Å²) in [7, 11) is 0. The molecule has 0 unspecified atom stereocenters. The van der Waals surface area contributed by atoms with Gasteiger partial charge in [-0.15, -0.1) is 6.58 Å². The van der Waals surface area contributed by atoms with Crippen LogP contribution in [0.4, 0.5) is 0 Å². The van der Waals surface area contributed by atoms with Gasteiger partial charge in [-0.3, -0.25) is 4.79 Å². The van der Waals surface area contributed by atoms with Crippen molar-refractivity contribution < 1.29 is 4.79 Å². The number of hydrogen-bond acceptors (Lipinski definition) is 1. The third-order valence-corrected chi connectivity index (χ3v) is 2.13. The van der Waals surface area contributed by atoms with E-state index in [9.17, 15) is 4.79 Å². The summed E-state index contributed by atoms with van der Waals surface area (Å²) in [6, 6.07) is 0. The molecule has 82 valence electrons. The van der Waals surface area contributed by atoms with Crippen LogP contribution in [0.5, 0.6) is 0 Å². The normalized spacial score (nSPS) is 9.79. The van der Waals surface area contributed by atoms with E-state index in [1.54, 1.807) is 0 Å². The van der Waals surface area contributed by atoms with Crippen LogP contribution in [-0.2, 0) is 4.79 Å². The molecule has 2 heteroatoms. The molecule has 0 aromatic carbocycles. The number of amides is 1. The van der Waals surface area contributed by atoms with Gasteiger partial charge < -0.3 is 5.32 Å². The van der Waals surface area contributed by atoms with Crippen molar-refractivity contribution in [3.05, 3.63) is 12.7 Å². The molecule has 0 atom stereocenters. The molecule has 0 bridgehead atoms. The van der Waals surface area contributed by atoms with E-state index in [0.29, 0.717) is 6.42 Å². The summed E-state index contributed by atoms with van der Waals surface area (Å²) in [5, 5.41) is 2.92. The summed E-state index contributed by atoms with van der Waals surface area (Å²) in [5.41, 5.74) is 0. The van der Waals surface area contributed by atoms with Gasteiger partial charge >= 0.3 is 0 Å². The Morgan fingerprint density at radius 1 is 1.29 bits per heavy atom. The molecule has 0 heterocycles. The van der Waals surface area contributed by atoms with E-state index in [4.69, 9.17) is 0 Å². The van der Waals surface area contributed by atoms with Crippen molar-refractivity contribution in [3.8, 4) is 0 Å². The second-order valence-electron chi connectivity index (χ2n) is 3.59. The Bertz CT molecular complexity index is 154. The standard InChI is InChI=1S/C12H23NO/c1-3-5-6-7-8-9-11-13-12(14)10-4-2/h3H,1,4-11H2,2H3,(H,13,14). The lowest BCUT2D eigenvalue weighted by Gasteiger charge is -2.03. The maximum absolute atomic E-state index is 11.1. The Morgan fingerprint density at radius 3 is 2.64 bits per heavy atom. The van der Waals surface area contributed by atoms with E-state index in [-0.39, 0.29) is 5.91 Å². The molecule has 0 saturated carbocycles. The number of carbonyl (C=O) groups excluding carboxylic acids is 1. The molecule has 0 aromatic heterocycles. The average Bonchev–Trinajstić information content (AvgIpc) is 2.17. The van der Waals surface area contributed by atoms with Gasteiger partial charge in [0, 0.05) is 13.0 Å². The molecule has 0 aliphatic heterocycles. The zero-order chi connectivity index (χ0) is 10.6. The number of nitrogens with one attached hydrogen (secondary N) is 1. The largest absolute Gasteiger partial charge is 0.356 e. The van der Waals surface area contributed by atoms with Crippen molar-refractivity contribution in [2.75, 3.05) is 6.54 Å². The number of carbonyl (C=O) groups is 1. The highest BCUT2D eigenvalue weighted by Gasteiger charge is 1.96. The SMILES string of the molecule is C=CCCCCCCNC(=O)CCC. The second-order valence-corrected chi connectivity index (χ2v) is 3.59. The Hall–Kier alpha value is -0.790. The summed E-state index contributed by atoms with van der Waals surface area (Å²) in [5.74, 6) is 0.193. The smallest absolute Gasteiger partial charge is 0.219 e. The molecule has 0 radical (unpaired) electrons. The van der Waals surface area contributed by atoms with Crippen molar-refractivity contribution in [1.29, 1.82) is 0 Å². The fourth-order valence-electron chi connectivity index (χ4n) is 1.31. The molecular weight excluding hydrogens is 174 g/mol. The zero-order valence-electron chi connectivity index (χ0n) is 9.35. The lowest BCUT2D eigenvalue weighted by molar-refractivity contribution is -0.121. The summed E-state index contributed by atoms with van der Waals surface area (Å²) >= 11 is 0. The van der Waals surface area contributed by atoms with Gasteiger partial charge in [-0.05, 0) is 25.7 Å². The topological polar surface area (TPSA) is 29.1 Å². The molecule has 14 heavy (non-hydrogen) atoms. The van der Waals surface area contributed by atoms with Crippen molar-refractivity contribution in [2.45, 2.75) is 51.9 Å². The highest BCUT2D eigenvalue weighted by atomic mass is 16.1. The van der Waals surface area contributed by atoms with Crippen LogP contribution in [0.15, 0.2) is 12.7 Å². The van der Waals surface area contributed by atoms with Crippen molar-refractivity contribution in [1.82, 2.24) is 5.32 Å². The van der Waals surface area contributed by atoms with Crippen LogP contribution < -0.4 is 5.32 Å². The molecule has 1 amide bonds. The molecule has 0 saturated heterocycles. The fraction of sp³-hybridized carbons (Fsp3) is 0.750.